The predicted molar refractivity (Wildman–Crippen MR) is 84.9 cm³/mol. The van der Waals surface area contributed by atoms with Crippen LogP contribution in [0.2, 0.25) is 0 Å². The monoisotopic (exact) mass is 293 g/mol. The topological polar surface area (TPSA) is 21.3 Å². The van der Waals surface area contributed by atoms with E-state index in [9.17, 15) is 4.39 Å². The highest BCUT2D eigenvalue weighted by atomic mass is 19.1. The average Bonchev–Trinajstić information content (AvgIpc) is 2.57. The molecule has 1 saturated heterocycles. The fraction of sp³-hybridized carbons (Fsp3) is 0.667. The van der Waals surface area contributed by atoms with Crippen LogP contribution < -0.4 is 5.32 Å². The van der Waals surface area contributed by atoms with Crippen LogP contribution >= 0.6 is 0 Å². The van der Waals surface area contributed by atoms with E-state index in [4.69, 9.17) is 4.74 Å². The molecule has 0 saturated carbocycles. The number of aryl methyl sites for hydroxylation is 1. The maximum Gasteiger partial charge on any atom is 0.123 e. The summed E-state index contributed by atoms with van der Waals surface area (Å²) in [5.74, 6) is 0.141. The summed E-state index contributed by atoms with van der Waals surface area (Å²) in [6, 6.07) is 5.18. The molecule has 0 aromatic heterocycles. The van der Waals surface area contributed by atoms with Gasteiger partial charge in [0.25, 0.3) is 0 Å². The van der Waals surface area contributed by atoms with Gasteiger partial charge in [-0.25, -0.2) is 4.39 Å². The van der Waals surface area contributed by atoms with E-state index >= 15 is 0 Å². The zero-order chi connectivity index (χ0) is 15.8. The number of nitrogens with one attached hydrogen (secondary N) is 1. The second-order valence-electron chi connectivity index (χ2n) is 7.31. The van der Waals surface area contributed by atoms with Gasteiger partial charge in [0.05, 0.1) is 11.2 Å². The molecule has 1 N–H and O–H groups in total. The molecule has 2 unspecified atom stereocenters. The number of hydrogen-bond acceptors (Lipinski definition) is 2. The lowest BCUT2D eigenvalue weighted by Gasteiger charge is -2.34. The molecule has 0 aliphatic carbocycles. The summed E-state index contributed by atoms with van der Waals surface area (Å²) < 4.78 is 20.0. The Bertz CT molecular complexity index is 510. The van der Waals surface area contributed by atoms with E-state index < -0.39 is 0 Å². The molecule has 0 spiro atoms. The Kier molecular flexibility index (Phi) is 4.46. The molecule has 0 radical (unpaired) electrons. The van der Waals surface area contributed by atoms with Crippen molar-refractivity contribution in [3.63, 3.8) is 0 Å². The van der Waals surface area contributed by atoms with E-state index in [0.29, 0.717) is 5.92 Å². The van der Waals surface area contributed by atoms with Gasteiger partial charge >= 0.3 is 0 Å². The second-order valence-corrected chi connectivity index (χ2v) is 7.31. The fourth-order valence-corrected chi connectivity index (χ4v) is 3.76. The van der Waals surface area contributed by atoms with Crippen LogP contribution in [0.4, 0.5) is 4.39 Å². The Morgan fingerprint density at radius 2 is 2.00 bits per heavy atom. The van der Waals surface area contributed by atoms with Crippen molar-refractivity contribution in [1.29, 1.82) is 0 Å². The van der Waals surface area contributed by atoms with E-state index in [1.165, 1.54) is 6.07 Å². The number of rotatable bonds is 4. The molecule has 118 valence electrons. The van der Waals surface area contributed by atoms with Gasteiger partial charge in [-0.05, 0) is 70.8 Å². The first-order valence-corrected chi connectivity index (χ1v) is 7.86. The van der Waals surface area contributed by atoms with Crippen LogP contribution in [0.3, 0.4) is 0 Å². The fourth-order valence-electron chi connectivity index (χ4n) is 3.76. The SMILES string of the molecule is CCNC(c1cc(F)ccc1C)C1CC(C)(C)OC1(C)C. The van der Waals surface area contributed by atoms with Crippen molar-refractivity contribution in [3.05, 3.63) is 35.1 Å². The highest BCUT2D eigenvalue weighted by molar-refractivity contribution is 5.31. The van der Waals surface area contributed by atoms with E-state index in [2.05, 4.69) is 39.9 Å². The molecular weight excluding hydrogens is 265 g/mol. The van der Waals surface area contributed by atoms with Crippen molar-refractivity contribution in [3.8, 4) is 0 Å². The van der Waals surface area contributed by atoms with Crippen molar-refractivity contribution in [2.24, 2.45) is 5.92 Å². The Balaban J connectivity index is 2.42. The van der Waals surface area contributed by atoms with Gasteiger partial charge in [-0.2, -0.15) is 0 Å². The molecule has 2 rings (SSSR count). The zero-order valence-corrected chi connectivity index (χ0v) is 14.1. The minimum atomic E-state index is -0.227. The standard InChI is InChI=1S/C18H28FNO/c1-7-20-16(14-10-13(19)9-8-12(14)2)15-11-17(3,4)21-18(15,5)6/h8-10,15-16,20H,7,11H2,1-6H3. The molecule has 1 heterocycles. The van der Waals surface area contributed by atoms with Gasteiger partial charge in [0, 0.05) is 12.0 Å². The maximum atomic E-state index is 13.7. The van der Waals surface area contributed by atoms with Gasteiger partial charge in [0.1, 0.15) is 5.82 Å². The number of halogens is 1. The molecule has 1 fully saturated rings. The third kappa shape index (κ3) is 3.46. The lowest BCUT2D eigenvalue weighted by Crippen LogP contribution is -2.38. The van der Waals surface area contributed by atoms with Crippen LogP contribution in [-0.2, 0) is 4.74 Å². The van der Waals surface area contributed by atoms with Crippen LogP contribution in [0.15, 0.2) is 18.2 Å². The molecule has 1 aromatic carbocycles. The Hall–Kier alpha value is -0.930. The third-order valence-electron chi connectivity index (χ3n) is 4.55. The van der Waals surface area contributed by atoms with E-state index in [0.717, 1.165) is 24.1 Å². The van der Waals surface area contributed by atoms with Crippen LogP contribution in [0.5, 0.6) is 0 Å². The van der Waals surface area contributed by atoms with Crippen LogP contribution in [0, 0.1) is 18.7 Å². The smallest absolute Gasteiger partial charge is 0.123 e. The molecule has 0 amide bonds. The molecular formula is C18H28FNO. The van der Waals surface area contributed by atoms with Gasteiger partial charge in [0.2, 0.25) is 0 Å². The van der Waals surface area contributed by atoms with Gasteiger partial charge in [0.15, 0.2) is 0 Å². The quantitative estimate of drug-likeness (QED) is 0.889. The van der Waals surface area contributed by atoms with Gasteiger partial charge < -0.3 is 10.1 Å². The van der Waals surface area contributed by atoms with Gasteiger partial charge in [-0.3, -0.25) is 0 Å². The number of hydrogen-bond donors (Lipinski definition) is 1. The predicted octanol–water partition coefficient (Wildman–Crippen LogP) is 4.38. The summed E-state index contributed by atoms with van der Waals surface area (Å²) in [4.78, 5) is 0. The van der Waals surface area contributed by atoms with Gasteiger partial charge in [-0.1, -0.05) is 13.0 Å². The van der Waals surface area contributed by atoms with Crippen LogP contribution in [-0.4, -0.2) is 17.7 Å². The molecule has 1 aliphatic heterocycles. The maximum absolute atomic E-state index is 13.7. The van der Waals surface area contributed by atoms with Crippen molar-refractivity contribution in [1.82, 2.24) is 5.32 Å². The van der Waals surface area contributed by atoms with E-state index in [1.807, 2.05) is 13.0 Å². The molecule has 1 aromatic rings. The van der Waals surface area contributed by atoms with Crippen LogP contribution in [0.1, 0.15) is 58.2 Å². The summed E-state index contributed by atoms with van der Waals surface area (Å²) in [7, 11) is 0. The third-order valence-corrected chi connectivity index (χ3v) is 4.55. The Labute approximate surface area is 128 Å². The minimum Gasteiger partial charge on any atom is -0.369 e. The summed E-state index contributed by atoms with van der Waals surface area (Å²) in [6.07, 6.45) is 0.966. The van der Waals surface area contributed by atoms with E-state index in [-0.39, 0.29) is 23.1 Å². The van der Waals surface area contributed by atoms with Crippen molar-refractivity contribution in [2.45, 2.75) is 65.2 Å². The van der Waals surface area contributed by atoms with Gasteiger partial charge in [-0.15, -0.1) is 0 Å². The second kappa shape index (κ2) is 5.69. The largest absolute Gasteiger partial charge is 0.369 e. The van der Waals surface area contributed by atoms with E-state index in [1.54, 1.807) is 6.07 Å². The molecule has 2 nitrogen and oxygen atoms in total. The summed E-state index contributed by atoms with van der Waals surface area (Å²) in [5, 5.41) is 3.56. The lowest BCUT2D eigenvalue weighted by atomic mass is 9.78. The molecule has 21 heavy (non-hydrogen) atoms. The average molecular weight is 293 g/mol. The minimum absolute atomic E-state index is 0.113. The van der Waals surface area contributed by atoms with Crippen molar-refractivity contribution >= 4 is 0 Å². The molecule has 0 bridgehead atoms. The van der Waals surface area contributed by atoms with Crippen molar-refractivity contribution < 1.29 is 9.13 Å². The summed E-state index contributed by atoms with van der Waals surface area (Å²) >= 11 is 0. The zero-order valence-electron chi connectivity index (χ0n) is 14.1. The number of benzene rings is 1. The highest BCUT2D eigenvalue weighted by Crippen LogP contribution is 2.48. The molecule has 2 atom stereocenters. The molecule has 1 aliphatic rings. The summed E-state index contributed by atoms with van der Waals surface area (Å²) in [5.41, 5.74) is 1.82. The Morgan fingerprint density at radius 3 is 2.52 bits per heavy atom. The lowest BCUT2D eigenvalue weighted by molar-refractivity contribution is -0.0778. The normalized spacial score (nSPS) is 25.0. The summed E-state index contributed by atoms with van der Waals surface area (Å²) in [6.45, 7) is 13.6. The first kappa shape index (κ1) is 16.4. The molecule has 3 heteroatoms. The first-order chi connectivity index (χ1) is 9.66. The highest BCUT2D eigenvalue weighted by Gasteiger charge is 2.49. The van der Waals surface area contributed by atoms with Crippen molar-refractivity contribution in [2.75, 3.05) is 6.54 Å². The number of ether oxygens (including phenoxy) is 1. The first-order valence-electron chi connectivity index (χ1n) is 7.86. The Morgan fingerprint density at radius 1 is 1.33 bits per heavy atom. The van der Waals surface area contributed by atoms with Crippen LogP contribution in [0.25, 0.3) is 0 Å².